The molecule has 2 rings (SSSR count). The minimum Gasteiger partial charge on any atom is -0.481 e. The molecule has 150 valence electrons. The number of rotatable bonds is 7. The Hall–Kier alpha value is -1.91. The first-order valence-corrected chi connectivity index (χ1v) is 7.86. The van der Waals surface area contributed by atoms with Crippen LogP contribution in [0.2, 0.25) is 0 Å². The van der Waals surface area contributed by atoms with Gasteiger partial charge in [-0.05, 0) is 31.6 Å². The Kier molecular flexibility index (Phi) is 9.53. The maximum Gasteiger partial charge on any atom is 0.323 e. The molecule has 2 aliphatic carbocycles. The third kappa shape index (κ3) is 6.43. The molecule has 6 N–H and O–H groups in total. The van der Waals surface area contributed by atoms with E-state index in [0.29, 0.717) is 19.4 Å². The second-order valence-electron chi connectivity index (χ2n) is 6.02. The summed E-state index contributed by atoms with van der Waals surface area (Å²) >= 11 is 0. The van der Waals surface area contributed by atoms with Gasteiger partial charge in [-0.1, -0.05) is 0 Å². The fourth-order valence-corrected chi connectivity index (χ4v) is 2.53. The van der Waals surface area contributed by atoms with Crippen molar-refractivity contribution < 1.29 is 38.9 Å². The lowest BCUT2D eigenvalue weighted by Crippen LogP contribution is -2.35. The lowest BCUT2D eigenvalue weighted by molar-refractivity contribution is -0.146. The third-order valence-electron chi connectivity index (χ3n) is 4.27. The van der Waals surface area contributed by atoms with Crippen LogP contribution in [0.1, 0.15) is 19.8 Å². The number of carboxylic acid groups (broad SMARTS) is 2. The molecule has 0 amide bonds. The van der Waals surface area contributed by atoms with Crippen molar-refractivity contribution in [3.63, 3.8) is 0 Å². The summed E-state index contributed by atoms with van der Waals surface area (Å²) < 4.78 is 9.30. The van der Waals surface area contributed by atoms with Crippen molar-refractivity contribution in [3.05, 3.63) is 0 Å². The van der Waals surface area contributed by atoms with E-state index in [1.165, 1.54) is 7.11 Å². The number of carboxylic acids is 2. The fraction of sp³-hybridized carbons (Fsp3) is 0.733. The largest absolute Gasteiger partial charge is 0.481 e. The van der Waals surface area contributed by atoms with Crippen molar-refractivity contribution in [1.82, 2.24) is 0 Å². The van der Waals surface area contributed by atoms with Crippen LogP contribution in [0.25, 0.3) is 0 Å². The van der Waals surface area contributed by atoms with Crippen LogP contribution in [-0.2, 0) is 28.7 Å². The fourth-order valence-electron chi connectivity index (χ4n) is 2.53. The maximum absolute atomic E-state index is 11.2. The van der Waals surface area contributed by atoms with Crippen molar-refractivity contribution in [1.29, 1.82) is 0 Å². The molecule has 2 fully saturated rings. The zero-order chi connectivity index (χ0) is 19.3. The number of hydrogen-bond acceptors (Lipinski definition) is 8. The molecule has 0 aromatic carbocycles. The Bertz CT molecular complexity index is 544. The van der Waals surface area contributed by atoms with Crippen LogP contribution in [0.5, 0.6) is 0 Å². The van der Waals surface area contributed by atoms with E-state index in [2.05, 4.69) is 4.74 Å². The molecule has 0 heterocycles. The van der Waals surface area contributed by atoms with Gasteiger partial charge in [-0.2, -0.15) is 0 Å². The second kappa shape index (κ2) is 10.3. The molecule has 0 bridgehead atoms. The van der Waals surface area contributed by atoms with E-state index >= 15 is 0 Å². The summed E-state index contributed by atoms with van der Waals surface area (Å²) in [4.78, 5) is 42.7. The Morgan fingerprint density at radius 3 is 1.92 bits per heavy atom. The molecule has 6 atom stereocenters. The molecule has 0 aliphatic heterocycles. The number of carbonyl (C=O) groups excluding carboxylic acids is 2. The molecule has 0 radical (unpaired) electrons. The summed E-state index contributed by atoms with van der Waals surface area (Å²) in [6.07, 6.45) is 1.01. The van der Waals surface area contributed by atoms with Crippen LogP contribution in [0.15, 0.2) is 0 Å². The topological polar surface area (TPSA) is 179 Å². The van der Waals surface area contributed by atoms with Crippen molar-refractivity contribution in [2.45, 2.75) is 31.8 Å². The Balaban J connectivity index is 0.000000475. The van der Waals surface area contributed by atoms with Gasteiger partial charge in [0.2, 0.25) is 0 Å². The first-order valence-electron chi connectivity index (χ1n) is 7.86. The van der Waals surface area contributed by atoms with E-state index in [-0.39, 0.29) is 36.1 Å². The van der Waals surface area contributed by atoms with E-state index < -0.39 is 35.9 Å². The molecule has 0 aromatic rings. The predicted molar refractivity (Wildman–Crippen MR) is 90.3 cm³/mol. The molecule has 0 saturated heterocycles. The molecule has 10 nitrogen and oxygen atoms in total. The van der Waals surface area contributed by atoms with Crippen LogP contribution in [0.4, 0.5) is 0 Å². The molecular weight excluding hydrogens is 372 g/mol. The number of ether oxygens (including phenoxy) is 2. The number of aliphatic carboxylic acids is 2. The van der Waals surface area contributed by atoms with Gasteiger partial charge < -0.3 is 31.2 Å². The molecule has 26 heavy (non-hydrogen) atoms. The average Bonchev–Trinajstić information content (AvgIpc) is 3.46. The third-order valence-corrected chi connectivity index (χ3v) is 4.27. The summed E-state index contributed by atoms with van der Waals surface area (Å²) in [5.74, 6) is -4.06. The quantitative estimate of drug-likeness (QED) is 0.399. The van der Waals surface area contributed by atoms with Crippen LogP contribution in [0, 0.1) is 23.7 Å². The number of halogens is 1. The van der Waals surface area contributed by atoms with Crippen molar-refractivity contribution in [2.24, 2.45) is 35.1 Å². The van der Waals surface area contributed by atoms with Crippen LogP contribution >= 0.6 is 12.4 Å². The highest BCUT2D eigenvalue weighted by molar-refractivity contribution is 5.85. The summed E-state index contributed by atoms with van der Waals surface area (Å²) in [7, 11) is 1.33. The Morgan fingerprint density at radius 2 is 1.54 bits per heavy atom. The van der Waals surface area contributed by atoms with Gasteiger partial charge in [0.15, 0.2) is 0 Å². The number of hydrogen-bond donors (Lipinski definition) is 4. The lowest BCUT2D eigenvalue weighted by Gasteiger charge is -2.09. The smallest absolute Gasteiger partial charge is 0.323 e. The molecule has 11 heteroatoms. The minimum absolute atomic E-state index is 0. The zero-order valence-corrected chi connectivity index (χ0v) is 15.3. The highest BCUT2D eigenvalue weighted by atomic mass is 35.5. The van der Waals surface area contributed by atoms with E-state index in [9.17, 15) is 19.2 Å². The Morgan fingerprint density at radius 1 is 1.04 bits per heavy atom. The number of methoxy groups -OCH3 is 1. The van der Waals surface area contributed by atoms with Crippen molar-refractivity contribution >= 4 is 36.3 Å². The highest BCUT2D eigenvalue weighted by Crippen LogP contribution is 2.41. The lowest BCUT2D eigenvalue weighted by atomic mass is 10.1. The average molecular weight is 397 g/mol. The first kappa shape index (κ1) is 24.1. The molecular formula is C15H25ClN2O8. The minimum atomic E-state index is -1.13. The van der Waals surface area contributed by atoms with Gasteiger partial charge in [0.1, 0.15) is 12.1 Å². The van der Waals surface area contributed by atoms with Gasteiger partial charge in [-0.25, -0.2) is 0 Å². The van der Waals surface area contributed by atoms with E-state index in [4.69, 9.17) is 26.4 Å². The summed E-state index contributed by atoms with van der Waals surface area (Å²) in [6, 6.07) is -1.71. The number of carbonyl (C=O) groups is 4. The van der Waals surface area contributed by atoms with E-state index in [1.807, 2.05) is 0 Å². The first-order chi connectivity index (χ1) is 11.6. The van der Waals surface area contributed by atoms with Crippen molar-refractivity contribution in [3.8, 4) is 0 Å². The van der Waals surface area contributed by atoms with Crippen LogP contribution < -0.4 is 11.5 Å². The number of esters is 2. The van der Waals surface area contributed by atoms with E-state index in [0.717, 1.165) is 0 Å². The maximum atomic E-state index is 11.2. The zero-order valence-electron chi connectivity index (χ0n) is 14.5. The standard InChI is InChI=1S/C9H15NO4.C6H9NO4.ClH/c1-3-14-9(12)7(10)5-4-6(5)8(11)13-2;7-4(6(10)11)2-1-3(2)5(8)9;/h5-7H,3-4,10H2,1-2H3;2-4H,1,7H2,(H,8,9)(H,10,11);1H. The van der Waals surface area contributed by atoms with Gasteiger partial charge in [-0.15, -0.1) is 12.4 Å². The molecule has 0 spiro atoms. The normalized spacial score (nSPS) is 27.4. The molecule has 6 unspecified atom stereocenters. The summed E-state index contributed by atoms with van der Waals surface area (Å²) in [6.45, 7) is 2.03. The summed E-state index contributed by atoms with van der Waals surface area (Å²) in [5, 5.41) is 16.8. The van der Waals surface area contributed by atoms with Gasteiger partial charge >= 0.3 is 23.9 Å². The molecule has 2 aliphatic rings. The van der Waals surface area contributed by atoms with Crippen LogP contribution in [-0.4, -0.2) is 59.9 Å². The monoisotopic (exact) mass is 396 g/mol. The van der Waals surface area contributed by atoms with E-state index in [1.54, 1.807) is 6.92 Å². The van der Waals surface area contributed by atoms with Crippen molar-refractivity contribution in [2.75, 3.05) is 13.7 Å². The Labute approximate surface area is 156 Å². The molecule has 0 aromatic heterocycles. The number of nitrogens with two attached hydrogens (primary N) is 2. The SMILES string of the molecule is CCOC(=O)C(N)C1CC1C(=O)OC.Cl.NC(C(=O)O)C1CC1C(=O)O. The summed E-state index contributed by atoms with van der Waals surface area (Å²) in [5.41, 5.74) is 10.8. The molecule has 2 saturated carbocycles. The van der Waals surface area contributed by atoms with Crippen LogP contribution in [0.3, 0.4) is 0 Å². The van der Waals surface area contributed by atoms with Gasteiger partial charge in [0.25, 0.3) is 0 Å². The second-order valence-corrected chi connectivity index (χ2v) is 6.02. The van der Waals surface area contributed by atoms with Gasteiger partial charge in [-0.3, -0.25) is 19.2 Å². The predicted octanol–water partition coefficient (Wildman–Crippen LogP) is -0.773. The van der Waals surface area contributed by atoms with Gasteiger partial charge in [0, 0.05) is 0 Å². The van der Waals surface area contributed by atoms with Gasteiger partial charge in [0.05, 0.1) is 25.6 Å². The highest BCUT2D eigenvalue weighted by Gasteiger charge is 2.50.